The van der Waals surface area contributed by atoms with Crippen LogP contribution in [-0.4, -0.2) is 36.1 Å². The van der Waals surface area contributed by atoms with E-state index in [1.165, 1.54) is 16.5 Å². The first-order valence-corrected chi connectivity index (χ1v) is 6.26. The van der Waals surface area contributed by atoms with Gasteiger partial charge in [-0.05, 0) is 37.0 Å². The first-order valence-electron chi connectivity index (χ1n) is 6.26. The molecule has 3 heteroatoms. The SMILES string of the molecule is CN1CCC(N)C(c2cccc3cc[nH]c23)C1. The van der Waals surface area contributed by atoms with Crippen LogP contribution in [0.1, 0.15) is 17.9 Å². The van der Waals surface area contributed by atoms with E-state index in [0.717, 1.165) is 19.5 Å². The quantitative estimate of drug-likeness (QED) is 0.784. The Kier molecular flexibility index (Phi) is 2.65. The predicted molar refractivity (Wildman–Crippen MR) is 71.1 cm³/mol. The normalized spacial score (nSPS) is 26.5. The summed E-state index contributed by atoms with van der Waals surface area (Å²) in [6.07, 6.45) is 3.09. The number of para-hydroxylation sites is 1. The van der Waals surface area contributed by atoms with Crippen molar-refractivity contribution in [2.75, 3.05) is 20.1 Å². The average Bonchev–Trinajstić information content (AvgIpc) is 2.80. The minimum absolute atomic E-state index is 0.278. The average molecular weight is 229 g/mol. The largest absolute Gasteiger partial charge is 0.361 e. The molecule has 17 heavy (non-hydrogen) atoms. The van der Waals surface area contributed by atoms with Crippen molar-refractivity contribution in [2.45, 2.75) is 18.4 Å². The van der Waals surface area contributed by atoms with Gasteiger partial charge < -0.3 is 15.6 Å². The fraction of sp³-hybridized carbons (Fsp3) is 0.429. The number of nitrogens with zero attached hydrogens (tertiary/aromatic N) is 1. The predicted octanol–water partition coefficient (Wildman–Crippen LogP) is 1.91. The highest BCUT2D eigenvalue weighted by atomic mass is 15.1. The molecule has 3 nitrogen and oxygen atoms in total. The van der Waals surface area contributed by atoms with Crippen LogP contribution >= 0.6 is 0 Å². The Morgan fingerprint density at radius 3 is 3.12 bits per heavy atom. The molecule has 2 unspecified atom stereocenters. The first kappa shape index (κ1) is 10.8. The van der Waals surface area contributed by atoms with Gasteiger partial charge in [0.15, 0.2) is 0 Å². The summed E-state index contributed by atoms with van der Waals surface area (Å²) in [5.41, 5.74) is 8.91. The third-order valence-electron chi connectivity index (χ3n) is 3.89. The molecular formula is C14H19N3. The maximum atomic E-state index is 6.29. The highest BCUT2D eigenvalue weighted by Gasteiger charge is 2.27. The molecule has 0 radical (unpaired) electrons. The van der Waals surface area contributed by atoms with E-state index in [9.17, 15) is 0 Å². The second-order valence-electron chi connectivity index (χ2n) is 5.11. The molecule has 0 aliphatic carbocycles. The van der Waals surface area contributed by atoms with Gasteiger partial charge >= 0.3 is 0 Å². The van der Waals surface area contributed by atoms with Gasteiger partial charge in [0.1, 0.15) is 0 Å². The number of likely N-dealkylation sites (N-methyl/N-ethyl adjacent to an activating group) is 1. The Morgan fingerprint density at radius 2 is 2.24 bits per heavy atom. The molecule has 2 heterocycles. The molecule has 2 atom stereocenters. The van der Waals surface area contributed by atoms with Gasteiger partial charge in [0.05, 0.1) is 0 Å². The summed E-state index contributed by atoms with van der Waals surface area (Å²) in [5.74, 6) is 0.441. The van der Waals surface area contributed by atoms with Crippen molar-refractivity contribution in [1.29, 1.82) is 0 Å². The maximum absolute atomic E-state index is 6.29. The number of aromatic nitrogens is 1. The van der Waals surface area contributed by atoms with Crippen molar-refractivity contribution in [2.24, 2.45) is 5.73 Å². The molecule has 1 saturated heterocycles. The highest BCUT2D eigenvalue weighted by molar-refractivity contribution is 5.83. The molecule has 90 valence electrons. The molecule has 0 spiro atoms. The van der Waals surface area contributed by atoms with E-state index in [4.69, 9.17) is 5.73 Å². The third kappa shape index (κ3) is 1.85. The standard InChI is InChI=1S/C14H19N3/c1-17-8-6-13(15)12(9-17)11-4-2-3-10-5-7-16-14(10)11/h2-5,7,12-13,16H,6,8-9,15H2,1H3. The summed E-state index contributed by atoms with van der Waals surface area (Å²) in [6.45, 7) is 2.16. The monoisotopic (exact) mass is 229 g/mol. The van der Waals surface area contributed by atoms with Crippen LogP contribution in [-0.2, 0) is 0 Å². The minimum atomic E-state index is 0.278. The molecule has 1 aliphatic heterocycles. The number of hydrogen-bond acceptors (Lipinski definition) is 2. The fourth-order valence-electron chi connectivity index (χ4n) is 2.88. The summed E-state index contributed by atoms with van der Waals surface area (Å²) >= 11 is 0. The number of piperidine rings is 1. The van der Waals surface area contributed by atoms with E-state index >= 15 is 0 Å². The van der Waals surface area contributed by atoms with Gasteiger partial charge in [0, 0.05) is 30.2 Å². The van der Waals surface area contributed by atoms with Crippen molar-refractivity contribution in [1.82, 2.24) is 9.88 Å². The minimum Gasteiger partial charge on any atom is -0.361 e. The Morgan fingerprint density at radius 1 is 1.35 bits per heavy atom. The number of aromatic amines is 1. The second kappa shape index (κ2) is 4.17. The van der Waals surface area contributed by atoms with Crippen LogP contribution in [0.2, 0.25) is 0 Å². The van der Waals surface area contributed by atoms with Crippen LogP contribution in [0.25, 0.3) is 10.9 Å². The summed E-state index contributed by atoms with van der Waals surface area (Å²) in [7, 11) is 2.17. The molecule has 2 aromatic rings. The van der Waals surface area contributed by atoms with Gasteiger partial charge in [-0.3, -0.25) is 0 Å². The first-order chi connectivity index (χ1) is 8.25. The van der Waals surface area contributed by atoms with Crippen molar-refractivity contribution in [3.05, 3.63) is 36.0 Å². The topological polar surface area (TPSA) is 45.0 Å². The lowest BCUT2D eigenvalue weighted by atomic mass is 9.86. The number of H-pyrrole nitrogens is 1. The molecule has 0 bridgehead atoms. The molecule has 3 rings (SSSR count). The lowest BCUT2D eigenvalue weighted by molar-refractivity contribution is 0.229. The number of nitrogens with two attached hydrogens (primary N) is 1. The van der Waals surface area contributed by atoms with Gasteiger partial charge in [0.25, 0.3) is 0 Å². The number of likely N-dealkylation sites (tertiary alicyclic amines) is 1. The molecule has 3 N–H and O–H groups in total. The van der Waals surface area contributed by atoms with E-state index in [1.54, 1.807) is 0 Å². The van der Waals surface area contributed by atoms with Crippen molar-refractivity contribution in [3.63, 3.8) is 0 Å². The molecule has 0 amide bonds. The molecule has 1 aromatic carbocycles. The number of nitrogens with one attached hydrogen (secondary N) is 1. The van der Waals surface area contributed by atoms with Gasteiger partial charge in [-0.25, -0.2) is 0 Å². The number of hydrogen-bond donors (Lipinski definition) is 2. The van der Waals surface area contributed by atoms with Gasteiger partial charge in [-0.15, -0.1) is 0 Å². The smallest absolute Gasteiger partial charge is 0.0490 e. The van der Waals surface area contributed by atoms with Crippen LogP contribution < -0.4 is 5.73 Å². The van der Waals surface area contributed by atoms with Crippen LogP contribution in [0.15, 0.2) is 30.5 Å². The van der Waals surface area contributed by atoms with Crippen molar-refractivity contribution < 1.29 is 0 Å². The summed E-state index contributed by atoms with van der Waals surface area (Å²) in [5, 5.41) is 1.28. The summed E-state index contributed by atoms with van der Waals surface area (Å²) < 4.78 is 0. The zero-order valence-electron chi connectivity index (χ0n) is 10.2. The Balaban J connectivity index is 2.04. The van der Waals surface area contributed by atoms with Crippen LogP contribution in [0.4, 0.5) is 0 Å². The lowest BCUT2D eigenvalue weighted by Gasteiger charge is -2.35. The molecule has 0 saturated carbocycles. The third-order valence-corrected chi connectivity index (χ3v) is 3.89. The summed E-state index contributed by atoms with van der Waals surface area (Å²) in [6, 6.07) is 8.89. The lowest BCUT2D eigenvalue weighted by Crippen LogP contribution is -2.44. The molecule has 1 fully saturated rings. The van der Waals surface area contributed by atoms with Crippen molar-refractivity contribution >= 4 is 10.9 Å². The fourth-order valence-corrected chi connectivity index (χ4v) is 2.88. The Hall–Kier alpha value is -1.32. The second-order valence-corrected chi connectivity index (χ2v) is 5.11. The van der Waals surface area contributed by atoms with Crippen LogP contribution in [0.5, 0.6) is 0 Å². The maximum Gasteiger partial charge on any atom is 0.0490 e. The zero-order valence-corrected chi connectivity index (χ0v) is 10.2. The van der Waals surface area contributed by atoms with Crippen LogP contribution in [0.3, 0.4) is 0 Å². The van der Waals surface area contributed by atoms with E-state index in [-0.39, 0.29) is 6.04 Å². The van der Waals surface area contributed by atoms with E-state index in [1.807, 2.05) is 6.20 Å². The molecular weight excluding hydrogens is 210 g/mol. The Labute approximate surface area is 102 Å². The van der Waals surface area contributed by atoms with Gasteiger partial charge in [0.2, 0.25) is 0 Å². The van der Waals surface area contributed by atoms with E-state index in [2.05, 4.69) is 41.2 Å². The summed E-state index contributed by atoms with van der Waals surface area (Å²) in [4.78, 5) is 5.72. The molecule has 1 aromatic heterocycles. The Bertz CT molecular complexity index is 517. The van der Waals surface area contributed by atoms with E-state index < -0.39 is 0 Å². The number of benzene rings is 1. The van der Waals surface area contributed by atoms with Gasteiger partial charge in [-0.1, -0.05) is 18.2 Å². The van der Waals surface area contributed by atoms with Crippen LogP contribution in [0, 0.1) is 0 Å². The number of fused-ring (bicyclic) bond motifs is 1. The highest BCUT2D eigenvalue weighted by Crippen LogP contribution is 2.30. The van der Waals surface area contributed by atoms with Gasteiger partial charge in [-0.2, -0.15) is 0 Å². The number of rotatable bonds is 1. The van der Waals surface area contributed by atoms with Crippen molar-refractivity contribution in [3.8, 4) is 0 Å². The van der Waals surface area contributed by atoms with E-state index in [0.29, 0.717) is 5.92 Å². The molecule has 1 aliphatic rings. The zero-order chi connectivity index (χ0) is 11.8.